The van der Waals surface area contributed by atoms with E-state index < -0.39 is 10.7 Å². The summed E-state index contributed by atoms with van der Waals surface area (Å²) in [5.41, 5.74) is 0.0425. The maximum atomic E-state index is 12.9. The fourth-order valence-electron chi connectivity index (χ4n) is 1.76. The molecule has 1 aliphatic rings. The molecule has 0 saturated heterocycles. The fourth-order valence-corrected chi connectivity index (χ4v) is 1.76. The fraction of sp³-hybridized carbons (Fsp3) is 0.333. The summed E-state index contributed by atoms with van der Waals surface area (Å²) >= 11 is 0. The topological polar surface area (TPSA) is 64.4 Å². The predicted octanol–water partition coefficient (Wildman–Crippen LogP) is 2.84. The highest BCUT2D eigenvalue weighted by molar-refractivity contribution is 5.61. The number of nitro groups is 1. The van der Waals surface area contributed by atoms with Gasteiger partial charge >= 0.3 is 0 Å². The van der Waals surface area contributed by atoms with Crippen LogP contribution in [0.4, 0.5) is 15.8 Å². The minimum absolute atomic E-state index is 0.0142. The molecule has 1 aromatic carbocycles. The second-order valence-electron chi connectivity index (χ2n) is 4.01. The Morgan fingerprint density at radius 2 is 2.39 bits per heavy atom. The second kappa shape index (κ2) is 5.48. The molecule has 0 spiro atoms. The zero-order chi connectivity index (χ0) is 13.0. The first-order chi connectivity index (χ1) is 8.66. The molecule has 0 amide bonds. The number of rotatable bonds is 4. The first kappa shape index (κ1) is 12.3. The summed E-state index contributed by atoms with van der Waals surface area (Å²) in [6, 6.07) is 3.47. The van der Waals surface area contributed by atoms with Gasteiger partial charge in [-0.05, 0) is 31.1 Å². The van der Waals surface area contributed by atoms with Crippen molar-refractivity contribution in [2.45, 2.75) is 18.9 Å². The largest absolute Gasteiger partial charge is 0.497 e. The Bertz CT molecular complexity index is 476. The van der Waals surface area contributed by atoms with Gasteiger partial charge in [0.25, 0.3) is 5.69 Å². The standard InChI is InChI=1S/C12H13FN2O3/c13-9-4-5-11(12(7-9)15(16)17)14-8-10-3-1-2-6-18-10/h2,4-7,10,14H,1,3,8H2. The molecule has 1 aromatic rings. The van der Waals surface area contributed by atoms with Gasteiger partial charge in [-0.1, -0.05) is 0 Å². The Kier molecular flexibility index (Phi) is 3.76. The lowest BCUT2D eigenvalue weighted by molar-refractivity contribution is -0.384. The average Bonchev–Trinajstić information content (AvgIpc) is 2.38. The quantitative estimate of drug-likeness (QED) is 0.661. The van der Waals surface area contributed by atoms with E-state index in [2.05, 4.69) is 5.32 Å². The summed E-state index contributed by atoms with van der Waals surface area (Å²) in [5, 5.41) is 13.7. The number of nitro benzene ring substituents is 1. The van der Waals surface area contributed by atoms with E-state index in [1.807, 2.05) is 6.08 Å². The summed E-state index contributed by atoms with van der Waals surface area (Å²) < 4.78 is 18.3. The normalized spacial score (nSPS) is 18.2. The Balaban J connectivity index is 2.04. The molecule has 0 saturated carbocycles. The molecule has 0 aromatic heterocycles. The van der Waals surface area contributed by atoms with Gasteiger partial charge in [0.15, 0.2) is 0 Å². The predicted molar refractivity (Wildman–Crippen MR) is 64.8 cm³/mol. The van der Waals surface area contributed by atoms with Crippen molar-refractivity contribution in [3.8, 4) is 0 Å². The van der Waals surface area contributed by atoms with Crippen molar-refractivity contribution in [1.29, 1.82) is 0 Å². The molecule has 1 heterocycles. The first-order valence-electron chi connectivity index (χ1n) is 5.65. The summed E-state index contributed by atoms with van der Waals surface area (Å²) in [4.78, 5) is 10.2. The van der Waals surface area contributed by atoms with Crippen LogP contribution in [0.25, 0.3) is 0 Å². The van der Waals surface area contributed by atoms with Crippen molar-refractivity contribution in [3.63, 3.8) is 0 Å². The Morgan fingerprint density at radius 1 is 1.56 bits per heavy atom. The number of anilines is 1. The van der Waals surface area contributed by atoms with Crippen molar-refractivity contribution in [2.75, 3.05) is 11.9 Å². The van der Waals surface area contributed by atoms with Crippen molar-refractivity contribution >= 4 is 11.4 Å². The van der Waals surface area contributed by atoms with E-state index in [0.29, 0.717) is 12.2 Å². The number of nitrogens with zero attached hydrogens (tertiary/aromatic N) is 1. The average molecular weight is 252 g/mol. The molecular formula is C12H13FN2O3. The van der Waals surface area contributed by atoms with Gasteiger partial charge in [0.1, 0.15) is 17.6 Å². The molecule has 0 bridgehead atoms. The molecule has 1 atom stereocenters. The van der Waals surface area contributed by atoms with Crippen LogP contribution in [0.1, 0.15) is 12.8 Å². The van der Waals surface area contributed by atoms with Gasteiger partial charge in [-0.25, -0.2) is 4.39 Å². The molecule has 6 heteroatoms. The summed E-state index contributed by atoms with van der Waals surface area (Å²) in [6.45, 7) is 0.455. The van der Waals surface area contributed by atoms with Gasteiger partial charge in [0, 0.05) is 0 Å². The third kappa shape index (κ3) is 2.97. The number of hydrogen-bond acceptors (Lipinski definition) is 4. The number of halogens is 1. The molecular weight excluding hydrogens is 239 g/mol. The van der Waals surface area contributed by atoms with Crippen molar-refractivity contribution in [2.24, 2.45) is 0 Å². The molecule has 18 heavy (non-hydrogen) atoms. The monoisotopic (exact) mass is 252 g/mol. The highest BCUT2D eigenvalue weighted by Gasteiger charge is 2.17. The molecule has 1 unspecified atom stereocenters. The van der Waals surface area contributed by atoms with Crippen LogP contribution >= 0.6 is 0 Å². The van der Waals surface area contributed by atoms with Crippen LogP contribution in [-0.2, 0) is 4.74 Å². The second-order valence-corrected chi connectivity index (χ2v) is 4.01. The van der Waals surface area contributed by atoms with Crippen molar-refractivity contribution in [3.05, 3.63) is 46.5 Å². The summed E-state index contributed by atoms with van der Waals surface area (Å²) in [6.07, 6.45) is 5.34. The number of hydrogen-bond donors (Lipinski definition) is 1. The molecule has 1 aliphatic heterocycles. The van der Waals surface area contributed by atoms with Gasteiger partial charge in [0.2, 0.25) is 0 Å². The van der Waals surface area contributed by atoms with Gasteiger partial charge in [0.05, 0.1) is 23.8 Å². The highest BCUT2D eigenvalue weighted by Crippen LogP contribution is 2.25. The summed E-state index contributed by atoms with van der Waals surface area (Å²) in [5.74, 6) is -0.621. The first-order valence-corrected chi connectivity index (χ1v) is 5.65. The van der Waals surface area contributed by atoms with E-state index in [4.69, 9.17) is 4.74 Å². The minimum atomic E-state index is -0.621. The maximum Gasteiger partial charge on any atom is 0.295 e. The van der Waals surface area contributed by atoms with E-state index in [1.165, 1.54) is 12.1 Å². The Morgan fingerprint density at radius 3 is 3.06 bits per heavy atom. The molecule has 5 nitrogen and oxygen atoms in total. The number of allylic oxidation sites excluding steroid dienone is 1. The van der Waals surface area contributed by atoms with E-state index in [0.717, 1.165) is 18.9 Å². The summed E-state index contributed by atoms with van der Waals surface area (Å²) in [7, 11) is 0. The Hall–Kier alpha value is -2.11. The van der Waals surface area contributed by atoms with Crippen LogP contribution in [0, 0.1) is 15.9 Å². The lowest BCUT2D eigenvalue weighted by Gasteiger charge is -2.20. The van der Waals surface area contributed by atoms with Crippen LogP contribution in [0.2, 0.25) is 0 Å². The molecule has 2 rings (SSSR count). The van der Waals surface area contributed by atoms with Crippen LogP contribution < -0.4 is 5.32 Å². The number of nitrogens with one attached hydrogen (secondary N) is 1. The smallest absolute Gasteiger partial charge is 0.295 e. The molecule has 0 radical (unpaired) electrons. The molecule has 0 fully saturated rings. The van der Waals surface area contributed by atoms with Crippen LogP contribution in [0.5, 0.6) is 0 Å². The highest BCUT2D eigenvalue weighted by atomic mass is 19.1. The molecule has 1 N–H and O–H groups in total. The van der Waals surface area contributed by atoms with Gasteiger partial charge < -0.3 is 10.1 Å². The minimum Gasteiger partial charge on any atom is -0.497 e. The lowest BCUT2D eigenvalue weighted by Crippen LogP contribution is -2.23. The Labute approximate surface area is 103 Å². The van der Waals surface area contributed by atoms with E-state index in [1.54, 1.807) is 6.26 Å². The number of benzene rings is 1. The zero-order valence-corrected chi connectivity index (χ0v) is 9.64. The lowest BCUT2D eigenvalue weighted by atomic mass is 10.1. The van der Waals surface area contributed by atoms with Crippen molar-refractivity contribution in [1.82, 2.24) is 0 Å². The maximum absolute atomic E-state index is 12.9. The van der Waals surface area contributed by atoms with E-state index in [-0.39, 0.29) is 11.8 Å². The van der Waals surface area contributed by atoms with E-state index >= 15 is 0 Å². The van der Waals surface area contributed by atoms with Gasteiger partial charge in [-0.15, -0.1) is 0 Å². The van der Waals surface area contributed by atoms with Crippen LogP contribution in [0.15, 0.2) is 30.5 Å². The van der Waals surface area contributed by atoms with Crippen LogP contribution in [0.3, 0.4) is 0 Å². The van der Waals surface area contributed by atoms with Crippen molar-refractivity contribution < 1.29 is 14.1 Å². The third-order valence-electron chi connectivity index (χ3n) is 2.70. The third-order valence-corrected chi connectivity index (χ3v) is 2.70. The van der Waals surface area contributed by atoms with Gasteiger partial charge in [-0.2, -0.15) is 0 Å². The van der Waals surface area contributed by atoms with E-state index in [9.17, 15) is 14.5 Å². The zero-order valence-electron chi connectivity index (χ0n) is 9.64. The molecule has 0 aliphatic carbocycles. The van der Waals surface area contributed by atoms with Gasteiger partial charge in [-0.3, -0.25) is 10.1 Å². The SMILES string of the molecule is O=[N+]([O-])c1cc(F)ccc1NCC1CCC=CO1. The van der Waals surface area contributed by atoms with Crippen LogP contribution in [-0.4, -0.2) is 17.6 Å². The molecule has 96 valence electrons. The number of ether oxygens (including phenoxy) is 1.